The van der Waals surface area contributed by atoms with Crippen molar-refractivity contribution in [2.75, 3.05) is 0 Å². The lowest BCUT2D eigenvalue weighted by molar-refractivity contribution is 0.0238. The van der Waals surface area contributed by atoms with Crippen LogP contribution in [0.15, 0.2) is 18.2 Å². The molecule has 92 valence electrons. The van der Waals surface area contributed by atoms with Crippen LogP contribution in [0.3, 0.4) is 0 Å². The smallest absolute Gasteiger partial charge is 0.338 e. The Morgan fingerprint density at radius 3 is 2.65 bits per heavy atom. The maximum absolute atomic E-state index is 11.9. The molecule has 0 aliphatic carbocycles. The van der Waals surface area contributed by atoms with Gasteiger partial charge in [-0.25, -0.2) is 4.79 Å². The van der Waals surface area contributed by atoms with Crippen molar-refractivity contribution < 1.29 is 9.53 Å². The van der Waals surface area contributed by atoms with Gasteiger partial charge in [0.25, 0.3) is 0 Å². The minimum Gasteiger partial charge on any atom is -0.459 e. The molecule has 1 heterocycles. The first-order valence-corrected chi connectivity index (χ1v) is 6.11. The van der Waals surface area contributed by atoms with Crippen LogP contribution in [0.4, 0.5) is 0 Å². The Labute approximate surface area is 102 Å². The Morgan fingerprint density at radius 1 is 1.24 bits per heavy atom. The molecule has 1 aliphatic rings. The summed E-state index contributed by atoms with van der Waals surface area (Å²) in [5.74, 6) is 0.121. The van der Waals surface area contributed by atoms with Gasteiger partial charge in [-0.15, -0.1) is 0 Å². The molecule has 3 nitrogen and oxygen atoms in total. The fourth-order valence-corrected chi connectivity index (χ4v) is 1.79. The molecule has 1 aromatic carbocycles. The molecular formula is C14H19NO2. The van der Waals surface area contributed by atoms with Crippen molar-refractivity contribution in [3.63, 3.8) is 0 Å². The van der Waals surface area contributed by atoms with Crippen molar-refractivity contribution in [1.29, 1.82) is 0 Å². The van der Waals surface area contributed by atoms with Gasteiger partial charge in [0.2, 0.25) is 0 Å². The van der Waals surface area contributed by atoms with E-state index in [0.29, 0.717) is 11.5 Å². The maximum atomic E-state index is 11.9. The quantitative estimate of drug-likeness (QED) is 0.815. The number of esters is 1. The molecule has 1 N–H and O–H groups in total. The van der Waals surface area contributed by atoms with E-state index >= 15 is 0 Å². The summed E-state index contributed by atoms with van der Waals surface area (Å²) in [5.41, 5.74) is 3.13. The average Bonchev–Trinajstić information content (AvgIpc) is 2.75. The van der Waals surface area contributed by atoms with E-state index in [4.69, 9.17) is 4.74 Å². The summed E-state index contributed by atoms with van der Waals surface area (Å²) in [4.78, 5) is 11.9. The molecule has 0 radical (unpaired) electrons. The van der Waals surface area contributed by atoms with E-state index in [9.17, 15) is 4.79 Å². The fraction of sp³-hybridized carbons (Fsp3) is 0.500. The number of hydrogen-bond acceptors (Lipinski definition) is 3. The highest BCUT2D eigenvalue weighted by Gasteiger charge is 2.17. The largest absolute Gasteiger partial charge is 0.459 e. The fourth-order valence-electron chi connectivity index (χ4n) is 1.79. The zero-order chi connectivity index (χ0) is 12.4. The number of ether oxygens (including phenoxy) is 1. The minimum atomic E-state index is -0.221. The molecule has 1 aliphatic heterocycles. The van der Waals surface area contributed by atoms with Crippen molar-refractivity contribution in [2.45, 2.75) is 40.0 Å². The van der Waals surface area contributed by atoms with Gasteiger partial charge in [-0.3, -0.25) is 0 Å². The lowest BCUT2D eigenvalue weighted by atomic mass is 10.1. The summed E-state index contributed by atoms with van der Waals surface area (Å²) < 4.78 is 5.40. The summed E-state index contributed by atoms with van der Waals surface area (Å²) in [6, 6.07) is 5.79. The number of hydrogen-bond donors (Lipinski definition) is 1. The molecule has 0 bridgehead atoms. The van der Waals surface area contributed by atoms with Gasteiger partial charge in [0, 0.05) is 13.1 Å². The molecular weight excluding hydrogens is 214 g/mol. The summed E-state index contributed by atoms with van der Waals surface area (Å²) in [5, 5.41) is 3.26. The SMILES string of the molecule is CC(C)C(C)OC(=O)c1ccc2c(c1)CNC2. The first-order valence-electron chi connectivity index (χ1n) is 6.11. The van der Waals surface area contributed by atoms with Crippen molar-refractivity contribution in [3.05, 3.63) is 34.9 Å². The van der Waals surface area contributed by atoms with E-state index in [-0.39, 0.29) is 12.1 Å². The first kappa shape index (κ1) is 12.1. The van der Waals surface area contributed by atoms with Gasteiger partial charge in [-0.2, -0.15) is 0 Å². The number of nitrogens with one attached hydrogen (secondary N) is 1. The van der Waals surface area contributed by atoms with Gasteiger partial charge in [0.1, 0.15) is 6.10 Å². The Balaban J connectivity index is 2.10. The van der Waals surface area contributed by atoms with Gasteiger partial charge in [0.15, 0.2) is 0 Å². The van der Waals surface area contributed by atoms with Crippen molar-refractivity contribution in [1.82, 2.24) is 5.32 Å². The monoisotopic (exact) mass is 233 g/mol. The van der Waals surface area contributed by atoms with Gasteiger partial charge in [-0.05, 0) is 36.1 Å². The van der Waals surface area contributed by atoms with Gasteiger partial charge in [0.05, 0.1) is 5.56 Å². The van der Waals surface area contributed by atoms with Crippen molar-refractivity contribution in [3.8, 4) is 0 Å². The summed E-state index contributed by atoms with van der Waals surface area (Å²) in [7, 11) is 0. The van der Waals surface area contributed by atoms with Gasteiger partial charge >= 0.3 is 5.97 Å². The van der Waals surface area contributed by atoms with E-state index in [1.165, 1.54) is 11.1 Å². The molecule has 0 fully saturated rings. The molecule has 0 saturated heterocycles. The molecule has 2 rings (SSSR count). The Morgan fingerprint density at radius 2 is 1.94 bits per heavy atom. The molecule has 3 heteroatoms. The average molecular weight is 233 g/mol. The normalized spacial score (nSPS) is 15.8. The zero-order valence-electron chi connectivity index (χ0n) is 10.6. The Hall–Kier alpha value is -1.35. The number of fused-ring (bicyclic) bond motifs is 1. The Kier molecular flexibility index (Phi) is 3.48. The second-order valence-corrected chi connectivity index (χ2v) is 4.94. The third-order valence-corrected chi connectivity index (χ3v) is 3.30. The van der Waals surface area contributed by atoms with Crippen LogP contribution >= 0.6 is 0 Å². The number of benzene rings is 1. The highest BCUT2D eigenvalue weighted by atomic mass is 16.5. The molecule has 1 unspecified atom stereocenters. The van der Waals surface area contributed by atoms with E-state index in [1.54, 1.807) is 0 Å². The number of carbonyl (C=O) groups is 1. The summed E-state index contributed by atoms with van der Waals surface area (Å²) in [6.07, 6.45) is -0.0473. The van der Waals surface area contributed by atoms with Crippen LogP contribution in [0, 0.1) is 5.92 Å². The van der Waals surface area contributed by atoms with Crippen LogP contribution in [0.2, 0.25) is 0 Å². The second-order valence-electron chi connectivity index (χ2n) is 4.94. The predicted octanol–water partition coefficient (Wildman–Crippen LogP) is 2.49. The third-order valence-electron chi connectivity index (χ3n) is 3.30. The number of rotatable bonds is 3. The second kappa shape index (κ2) is 4.88. The first-order chi connectivity index (χ1) is 8.08. The van der Waals surface area contributed by atoms with Gasteiger partial charge in [-0.1, -0.05) is 19.9 Å². The van der Waals surface area contributed by atoms with E-state index in [0.717, 1.165) is 13.1 Å². The van der Waals surface area contributed by atoms with Crippen LogP contribution in [0.25, 0.3) is 0 Å². The Bertz CT molecular complexity index is 426. The van der Waals surface area contributed by atoms with E-state index in [1.807, 2.05) is 39.0 Å². The topological polar surface area (TPSA) is 38.3 Å². The third kappa shape index (κ3) is 2.67. The lowest BCUT2D eigenvalue weighted by Crippen LogP contribution is -2.20. The highest BCUT2D eigenvalue weighted by Crippen LogP contribution is 2.18. The molecule has 0 saturated carbocycles. The van der Waals surface area contributed by atoms with E-state index < -0.39 is 0 Å². The molecule has 17 heavy (non-hydrogen) atoms. The summed E-state index contributed by atoms with van der Waals surface area (Å²) >= 11 is 0. The molecule has 0 amide bonds. The van der Waals surface area contributed by atoms with E-state index in [2.05, 4.69) is 5.32 Å². The van der Waals surface area contributed by atoms with Gasteiger partial charge < -0.3 is 10.1 Å². The minimum absolute atomic E-state index is 0.0473. The molecule has 0 aromatic heterocycles. The standard InChI is InChI=1S/C14H19NO2/c1-9(2)10(3)17-14(16)11-4-5-12-7-15-8-13(12)6-11/h4-6,9-10,15H,7-8H2,1-3H3. The maximum Gasteiger partial charge on any atom is 0.338 e. The van der Waals surface area contributed by atoms with Crippen molar-refractivity contribution >= 4 is 5.97 Å². The summed E-state index contributed by atoms with van der Waals surface area (Å²) in [6.45, 7) is 7.76. The zero-order valence-corrected chi connectivity index (χ0v) is 10.6. The molecule has 1 aromatic rings. The van der Waals surface area contributed by atoms with Crippen molar-refractivity contribution in [2.24, 2.45) is 5.92 Å². The van der Waals surface area contributed by atoms with Crippen LogP contribution in [-0.4, -0.2) is 12.1 Å². The molecule has 1 atom stereocenters. The predicted molar refractivity (Wildman–Crippen MR) is 66.7 cm³/mol. The van der Waals surface area contributed by atoms with Crippen LogP contribution in [0.5, 0.6) is 0 Å². The van der Waals surface area contributed by atoms with Crippen LogP contribution < -0.4 is 5.32 Å². The molecule has 0 spiro atoms. The van der Waals surface area contributed by atoms with Crippen LogP contribution in [0.1, 0.15) is 42.3 Å². The highest BCUT2D eigenvalue weighted by molar-refractivity contribution is 5.89. The number of carbonyl (C=O) groups excluding carboxylic acids is 1. The lowest BCUT2D eigenvalue weighted by Gasteiger charge is -2.16. The van der Waals surface area contributed by atoms with Crippen LogP contribution in [-0.2, 0) is 17.8 Å².